The maximum Gasteiger partial charge on any atom is 0.0717 e. The summed E-state index contributed by atoms with van der Waals surface area (Å²) in [7, 11) is 0. The molecular weight excluding hydrogens is 294 g/mol. The largest absolute Gasteiger partial charge is 0.375 e. The summed E-state index contributed by atoms with van der Waals surface area (Å²) in [5.74, 6) is 0. The van der Waals surface area contributed by atoms with Crippen LogP contribution in [0.5, 0.6) is 0 Å². The van der Waals surface area contributed by atoms with Gasteiger partial charge in [0.15, 0.2) is 0 Å². The highest BCUT2D eigenvalue weighted by Crippen LogP contribution is 2.19. The van der Waals surface area contributed by atoms with Crippen molar-refractivity contribution in [1.29, 1.82) is 0 Å². The SMILES string of the molecule is NC(COCc1ccccc1)Cc1ccc(-c2ccccc2)cc1. The molecule has 2 N–H and O–H groups in total. The minimum Gasteiger partial charge on any atom is -0.375 e. The van der Waals surface area contributed by atoms with E-state index >= 15 is 0 Å². The van der Waals surface area contributed by atoms with E-state index in [1.54, 1.807) is 0 Å². The van der Waals surface area contributed by atoms with Crippen molar-refractivity contribution in [3.05, 3.63) is 96.1 Å². The Morgan fingerprint density at radius 3 is 1.92 bits per heavy atom. The molecule has 0 bridgehead atoms. The molecule has 122 valence electrons. The minimum absolute atomic E-state index is 0.0105. The van der Waals surface area contributed by atoms with Crippen molar-refractivity contribution in [3.8, 4) is 11.1 Å². The van der Waals surface area contributed by atoms with Crippen LogP contribution in [0.15, 0.2) is 84.9 Å². The Morgan fingerprint density at radius 1 is 0.667 bits per heavy atom. The molecule has 0 aliphatic carbocycles. The van der Waals surface area contributed by atoms with E-state index in [-0.39, 0.29) is 6.04 Å². The molecule has 3 rings (SSSR count). The second-order valence-electron chi connectivity index (χ2n) is 6.03. The number of hydrogen-bond acceptors (Lipinski definition) is 2. The fraction of sp³-hybridized carbons (Fsp3) is 0.182. The Hall–Kier alpha value is -2.42. The zero-order valence-corrected chi connectivity index (χ0v) is 13.8. The average molecular weight is 317 g/mol. The molecule has 24 heavy (non-hydrogen) atoms. The first-order chi connectivity index (χ1) is 11.8. The lowest BCUT2D eigenvalue weighted by molar-refractivity contribution is 0.108. The van der Waals surface area contributed by atoms with Crippen LogP contribution in [0.2, 0.25) is 0 Å². The summed E-state index contributed by atoms with van der Waals surface area (Å²) >= 11 is 0. The topological polar surface area (TPSA) is 35.2 Å². The van der Waals surface area contributed by atoms with Gasteiger partial charge in [0.25, 0.3) is 0 Å². The fourth-order valence-corrected chi connectivity index (χ4v) is 2.73. The third kappa shape index (κ3) is 4.79. The molecule has 2 nitrogen and oxygen atoms in total. The molecule has 1 atom stereocenters. The smallest absolute Gasteiger partial charge is 0.0717 e. The van der Waals surface area contributed by atoms with Crippen molar-refractivity contribution < 1.29 is 4.74 Å². The molecule has 1 unspecified atom stereocenters. The monoisotopic (exact) mass is 317 g/mol. The van der Waals surface area contributed by atoms with E-state index in [9.17, 15) is 0 Å². The highest BCUT2D eigenvalue weighted by Gasteiger charge is 2.05. The van der Waals surface area contributed by atoms with Crippen molar-refractivity contribution in [3.63, 3.8) is 0 Å². The van der Waals surface area contributed by atoms with Gasteiger partial charge < -0.3 is 10.5 Å². The van der Waals surface area contributed by atoms with E-state index in [2.05, 4.69) is 60.7 Å². The zero-order chi connectivity index (χ0) is 16.6. The van der Waals surface area contributed by atoms with Gasteiger partial charge >= 0.3 is 0 Å². The maximum atomic E-state index is 6.19. The number of ether oxygens (including phenoxy) is 1. The average Bonchev–Trinajstić information content (AvgIpc) is 2.64. The second-order valence-corrected chi connectivity index (χ2v) is 6.03. The van der Waals surface area contributed by atoms with Crippen molar-refractivity contribution in [2.24, 2.45) is 5.73 Å². The lowest BCUT2D eigenvalue weighted by atomic mass is 10.0. The summed E-state index contributed by atoms with van der Waals surface area (Å²) in [4.78, 5) is 0. The standard InChI is InChI=1S/C22H23NO/c23-22(17-24-16-19-7-3-1-4-8-19)15-18-11-13-21(14-12-18)20-9-5-2-6-10-20/h1-14,22H,15-17,23H2. The molecule has 0 amide bonds. The summed E-state index contributed by atoms with van der Waals surface area (Å²) < 4.78 is 5.72. The number of nitrogens with two attached hydrogens (primary N) is 1. The van der Waals surface area contributed by atoms with Gasteiger partial charge in [0, 0.05) is 6.04 Å². The normalized spacial score (nSPS) is 12.0. The van der Waals surface area contributed by atoms with E-state index < -0.39 is 0 Å². The van der Waals surface area contributed by atoms with Gasteiger partial charge in [0.05, 0.1) is 13.2 Å². The molecule has 0 fully saturated rings. The van der Waals surface area contributed by atoms with Gasteiger partial charge in [-0.3, -0.25) is 0 Å². The third-order valence-electron chi connectivity index (χ3n) is 4.00. The summed E-state index contributed by atoms with van der Waals surface area (Å²) in [6, 6.07) is 29.2. The van der Waals surface area contributed by atoms with Crippen LogP contribution in [0.25, 0.3) is 11.1 Å². The first-order valence-electron chi connectivity index (χ1n) is 8.33. The van der Waals surface area contributed by atoms with Crippen molar-refractivity contribution >= 4 is 0 Å². The Balaban J connectivity index is 1.48. The molecular formula is C22H23NO. The maximum absolute atomic E-state index is 6.19. The first-order valence-corrected chi connectivity index (χ1v) is 8.33. The zero-order valence-electron chi connectivity index (χ0n) is 13.8. The highest BCUT2D eigenvalue weighted by molar-refractivity contribution is 5.63. The van der Waals surface area contributed by atoms with Crippen molar-refractivity contribution in [1.82, 2.24) is 0 Å². The van der Waals surface area contributed by atoms with Crippen LogP contribution in [0.1, 0.15) is 11.1 Å². The molecule has 0 saturated heterocycles. The third-order valence-corrected chi connectivity index (χ3v) is 4.00. The summed E-state index contributed by atoms with van der Waals surface area (Å²) in [5.41, 5.74) is 11.1. The van der Waals surface area contributed by atoms with Gasteiger partial charge in [-0.1, -0.05) is 84.9 Å². The number of rotatable bonds is 7. The van der Waals surface area contributed by atoms with Gasteiger partial charge in [0.1, 0.15) is 0 Å². The molecule has 0 aliphatic heterocycles. The summed E-state index contributed by atoms with van der Waals surface area (Å²) in [6.07, 6.45) is 0.823. The summed E-state index contributed by atoms with van der Waals surface area (Å²) in [6.45, 7) is 1.18. The lowest BCUT2D eigenvalue weighted by Crippen LogP contribution is -2.28. The van der Waals surface area contributed by atoms with Crippen LogP contribution in [0, 0.1) is 0 Å². The molecule has 0 aliphatic rings. The molecule has 3 aromatic carbocycles. The molecule has 3 aromatic rings. The lowest BCUT2D eigenvalue weighted by Gasteiger charge is -2.13. The van der Waals surface area contributed by atoms with Gasteiger partial charge in [-0.05, 0) is 28.7 Å². The predicted molar refractivity (Wildman–Crippen MR) is 99.7 cm³/mol. The van der Waals surface area contributed by atoms with E-state index in [0.717, 1.165) is 6.42 Å². The van der Waals surface area contributed by atoms with Gasteiger partial charge in [-0.25, -0.2) is 0 Å². The van der Waals surface area contributed by atoms with E-state index in [4.69, 9.17) is 10.5 Å². The van der Waals surface area contributed by atoms with Crippen LogP contribution in [0.4, 0.5) is 0 Å². The molecule has 0 saturated carbocycles. The highest BCUT2D eigenvalue weighted by atomic mass is 16.5. The minimum atomic E-state index is 0.0105. The van der Waals surface area contributed by atoms with Gasteiger partial charge in [-0.2, -0.15) is 0 Å². The van der Waals surface area contributed by atoms with E-state index in [1.165, 1.54) is 22.3 Å². The van der Waals surface area contributed by atoms with Crippen molar-refractivity contribution in [2.45, 2.75) is 19.1 Å². The Labute approximate surface area is 143 Å². The van der Waals surface area contributed by atoms with Crippen LogP contribution < -0.4 is 5.73 Å². The van der Waals surface area contributed by atoms with Crippen LogP contribution in [-0.2, 0) is 17.8 Å². The number of benzene rings is 3. The van der Waals surface area contributed by atoms with E-state index in [0.29, 0.717) is 13.2 Å². The molecule has 2 heteroatoms. The van der Waals surface area contributed by atoms with E-state index in [1.807, 2.05) is 24.3 Å². The Morgan fingerprint density at radius 2 is 1.25 bits per heavy atom. The molecule has 0 radical (unpaired) electrons. The van der Waals surface area contributed by atoms with Crippen LogP contribution >= 0.6 is 0 Å². The molecule has 0 heterocycles. The predicted octanol–water partition coefficient (Wildman–Crippen LogP) is 4.44. The Bertz CT molecular complexity index is 723. The van der Waals surface area contributed by atoms with Gasteiger partial charge in [-0.15, -0.1) is 0 Å². The van der Waals surface area contributed by atoms with Crippen LogP contribution in [0.3, 0.4) is 0 Å². The van der Waals surface area contributed by atoms with Crippen LogP contribution in [-0.4, -0.2) is 12.6 Å². The fourth-order valence-electron chi connectivity index (χ4n) is 2.73. The quantitative estimate of drug-likeness (QED) is 0.699. The number of hydrogen-bond donors (Lipinski definition) is 1. The van der Waals surface area contributed by atoms with Gasteiger partial charge in [0.2, 0.25) is 0 Å². The second kappa shape index (κ2) is 8.44. The first kappa shape index (κ1) is 16.4. The molecule has 0 spiro atoms. The summed E-state index contributed by atoms with van der Waals surface area (Å²) in [5, 5.41) is 0. The Kier molecular flexibility index (Phi) is 5.78. The molecule has 0 aromatic heterocycles. The van der Waals surface area contributed by atoms with Crippen molar-refractivity contribution in [2.75, 3.05) is 6.61 Å².